The van der Waals surface area contributed by atoms with Crippen LogP contribution in [0.4, 0.5) is 11.4 Å². The summed E-state index contributed by atoms with van der Waals surface area (Å²) in [4.78, 5) is 38.4. The number of hydrogen-bond donors (Lipinski definition) is 6. The molecule has 316 valence electrons. The Morgan fingerprint density at radius 2 is 0.908 bits per heavy atom. The Hall–Kier alpha value is -8.39. The number of carbonyl (C=O) groups is 3. The van der Waals surface area contributed by atoms with E-state index in [1.54, 1.807) is 12.1 Å². The summed E-state index contributed by atoms with van der Waals surface area (Å²) < 4.78 is 5.76. The third-order valence-corrected chi connectivity index (χ3v) is 12.2. The highest BCUT2D eigenvalue weighted by atomic mass is 35.5. The summed E-state index contributed by atoms with van der Waals surface area (Å²) in [5, 5.41) is 40.3. The number of aliphatic hydroxyl groups excluding tert-OH is 1. The third-order valence-electron chi connectivity index (χ3n) is 11.9. The summed E-state index contributed by atoms with van der Waals surface area (Å²) >= 11 is 6.15. The molecule has 3 heterocycles. The minimum absolute atomic E-state index is 0.00272. The average Bonchev–Trinajstić information content (AvgIpc) is 4.09. The summed E-state index contributed by atoms with van der Waals surface area (Å²) in [6.07, 6.45) is 0. The van der Waals surface area contributed by atoms with E-state index < -0.39 is 0 Å². The van der Waals surface area contributed by atoms with E-state index in [0.717, 1.165) is 77.9 Å². The summed E-state index contributed by atoms with van der Waals surface area (Å²) in [5.41, 5.74) is 13.7. The molecule has 0 aliphatic heterocycles. The number of fused-ring (bicyclic) bond motifs is 6. The standard InChI is InChI=1S/C22H17N3O2.C15H11N3O2.C14H7ClN2O/c1-13-8-10-14(11-9-13)27-12-23-17-6-2-4-15-20(17)22(26)16-5-3-7-18-19(16)21(15)25-24-18;19-7-16-10-5-1-3-8-13(10)15(20)9-4-2-6-11-12(9)14(8)18-17-11;15-9-5-1-3-7-11(9)14(18)8-4-2-6-10-12(8)13(7)17-16-10/h2-11,23H,12H2,1H3,(H,24,25);1-6,16,19H,7H2,(H,17,18);1-6H,(H,16,17). The van der Waals surface area contributed by atoms with Crippen LogP contribution in [-0.2, 0) is 0 Å². The van der Waals surface area contributed by atoms with Crippen molar-refractivity contribution >= 4 is 73.0 Å². The molecule has 14 heteroatoms. The zero-order valence-corrected chi connectivity index (χ0v) is 35.2. The number of H-pyrrole nitrogens is 3. The molecule has 0 atom stereocenters. The van der Waals surface area contributed by atoms with Gasteiger partial charge in [-0.2, -0.15) is 15.3 Å². The number of hydrogen-bond acceptors (Lipinski definition) is 10. The van der Waals surface area contributed by atoms with Gasteiger partial charge in [-0.1, -0.05) is 102 Å². The molecule has 13 nitrogen and oxygen atoms in total. The van der Waals surface area contributed by atoms with Crippen LogP contribution in [0.5, 0.6) is 5.75 Å². The Labute approximate surface area is 374 Å². The molecule has 3 aliphatic carbocycles. The molecule has 0 spiro atoms. The number of anilines is 2. The molecule has 0 amide bonds. The van der Waals surface area contributed by atoms with Crippen LogP contribution in [-0.4, -0.2) is 66.5 Å². The van der Waals surface area contributed by atoms with Gasteiger partial charge in [-0.05, 0) is 55.5 Å². The molecule has 0 bridgehead atoms. The number of rotatable bonds is 6. The molecule has 0 radical (unpaired) electrons. The maximum absolute atomic E-state index is 13.2. The second-order valence-electron chi connectivity index (χ2n) is 15.6. The van der Waals surface area contributed by atoms with E-state index in [9.17, 15) is 14.4 Å². The molecule has 10 aromatic rings. The number of nitrogens with one attached hydrogen (secondary N) is 5. The second kappa shape index (κ2) is 15.8. The molecule has 0 saturated heterocycles. The Balaban J connectivity index is 0.000000111. The first-order valence-electron chi connectivity index (χ1n) is 20.7. The maximum Gasteiger partial charge on any atom is 0.196 e. The molecule has 7 aromatic carbocycles. The summed E-state index contributed by atoms with van der Waals surface area (Å²) in [6.45, 7) is 2.08. The van der Waals surface area contributed by atoms with Crippen LogP contribution in [0.1, 0.15) is 53.3 Å². The Kier molecular flexibility index (Phi) is 9.56. The van der Waals surface area contributed by atoms with Gasteiger partial charge in [0.15, 0.2) is 24.1 Å². The van der Waals surface area contributed by atoms with Crippen LogP contribution < -0.4 is 15.4 Å². The van der Waals surface area contributed by atoms with Crippen molar-refractivity contribution in [2.75, 3.05) is 24.1 Å². The molecule has 0 unspecified atom stereocenters. The Bertz CT molecular complexity index is 3590. The van der Waals surface area contributed by atoms with Crippen molar-refractivity contribution in [3.8, 4) is 39.5 Å². The number of ketones is 3. The van der Waals surface area contributed by atoms with Gasteiger partial charge in [-0.3, -0.25) is 29.7 Å². The van der Waals surface area contributed by atoms with Gasteiger partial charge in [0.05, 0.1) is 38.3 Å². The smallest absolute Gasteiger partial charge is 0.196 e. The van der Waals surface area contributed by atoms with Gasteiger partial charge in [0.25, 0.3) is 0 Å². The van der Waals surface area contributed by atoms with Crippen LogP contribution in [0.2, 0.25) is 5.02 Å². The third kappa shape index (κ3) is 6.43. The number of halogens is 1. The van der Waals surface area contributed by atoms with Crippen molar-refractivity contribution in [2.24, 2.45) is 0 Å². The monoisotopic (exact) mass is 874 g/mol. The zero-order valence-electron chi connectivity index (χ0n) is 34.4. The highest BCUT2D eigenvalue weighted by Gasteiger charge is 2.32. The number of aromatic nitrogens is 6. The van der Waals surface area contributed by atoms with Gasteiger partial charge < -0.3 is 20.5 Å². The lowest BCUT2D eigenvalue weighted by molar-refractivity contribution is 0.103. The Morgan fingerprint density at radius 3 is 1.38 bits per heavy atom. The first-order valence-corrected chi connectivity index (χ1v) is 21.1. The number of nitrogens with zero attached hydrogens (tertiary/aromatic N) is 3. The van der Waals surface area contributed by atoms with Gasteiger partial charge in [-0.25, -0.2) is 0 Å². The van der Waals surface area contributed by atoms with Gasteiger partial charge in [-0.15, -0.1) is 0 Å². The largest absolute Gasteiger partial charge is 0.473 e. The topological polar surface area (TPSA) is 191 Å². The number of aromatic amines is 3. The predicted octanol–water partition coefficient (Wildman–Crippen LogP) is 10.1. The van der Waals surface area contributed by atoms with Crippen LogP contribution in [0.25, 0.3) is 66.5 Å². The van der Waals surface area contributed by atoms with Crippen LogP contribution in [0.15, 0.2) is 133 Å². The minimum Gasteiger partial charge on any atom is -0.473 e. The average molecular weight is 875 g/mol. The summed E-state index contributed by atoms with van der Waals surface area (Å²) in [6, 6.07) is 41.4. The lowest BCUT2D eigenvalue weighted by atomic mass is 9.86. The van der Waals surface area contributed by atoms with Crippen molar-refractivity contribution in [2.45, 2.75) is 6.92 Å². The van der Waals surface area contributed by atoms with E-state index >= 15 is 0 Å². The number of benzene rings is 7. The van der Waals surface area contributed by atoms with Crippen LogP contribution in [0, 0.1) is 6.92 Å². The molecule has 65 heavy (non-hydrogen) atoms. The second-order valence-corrected chi connectivity index (χ2v) is 16.0. The summed E-state index contributed by atoms with van der Waals surface area (Å²) in [5.74, 6) is 0.706. The van der Waals surface area contributed by atoms with Gasteiger partial charge >= 0.3 is 0 Å². The molecular weight excluding hydrogens is 840 g/mol. The minimum atomic E-state index is -0.221. The fraction of sp³-hybridized carbons (Fsp3) is 0.0588. The fourth-order valence-electron chi connectivity index (χ4n) is 8.93. The van der Waals surface area contributed by atoms with Crippen molar-refractivity contribution in [3.63, 3.8) is 0 Å². The highest BCUT2D eigenvalue weighted by molar-refractivity contribution is 6.38. The number of aryl methyl sites for hydroxylation is 1. The first kappa shape index (κ1) is 39.5. The predicted molar refractivity (Wildman–Crippen MR) is 251 cm³/mol. The van der Waals surface area contributed by atoms with E-state index in [1.165, 1.54) is 5.56 Å². The first-order chi connectivity index (χ1) is 31.8. The van der Waals surface area contributed by atoms with Crippen LogP contribution >= 0.6 is 11.6 Å². The van der Waals surface area contributed by atoms with Gasteiger partial charge in [0, 0.05) is 60.9 Å². The van der Waals surface area contributed by atoms with Gasteiger partial charge in [0.1, 0.15) is 29.6 Å². The normalized spacial score (nSPS) is 12.4. The molecule has 0 saturated carbocycles. The lowest BCUT2D eigenvalue weighted by Gasteiger charge is -2.19. The van der Waals surface area contributed by atoms with Gasteiger partial charge in [0.2, 0.25) is 0 Å². The Morgan fingerprint density at radius 1 is 0.508 bits per heavy atom. The maximum atomic E-state index is 13.2. The van der Waals surface area contributed by atoms with E-state index in [2.05, 4.69) is 41.2 Å². The van der Waals surface area contributed by atoms with E-state index in [1.807, 2.05) is 128 Å². The molecule has 3 aliphatic rings. The van der Waals surface area contributed by atoms with E-state index in [0.29, 0.717) is 44.1 Å². The SMILES string of the molecule is Cc1ccc(OCNc2cccc3c2C(=O)c2cccc4[nH]nc-3c24)cc1.O=C1c2c(Cl)cccc2-c2n[nH]c3cccc1c23.O=C1c2c(NCO)cccc2-c2n[nH]c3cccc1c23. The van der Waals surface area contributed by atoms with Crippen molar-refractivity contribution in [1.82, 2.24) is 30.6 Å². The van der Waals surface area contributed by atoms with Crippen molar-refractivity contribution < 1.29 is 24.2 Å². The lowest BCUT2D eigenvalue weighted by Crippen LogP contribution is -2.16. The molecule has 6 N–H and O–H groups in total. The number of aliphatic hydroxyl groups is 1. The summed E-state index contributed by atoms with van der Waals surface area (Å²) in [7, 11) is 0. The quantitative estimate of drug-likeness (QED) is 0.0877. The van der Waals surface area contributed by atoms with Crippen LogP contribution in [0.3, 0.4) is 0 Å². The molecule has 3 aromatic heterocycles. The fourth-order valence-corrected chi connectivity index (χ4v) is 9.19. The van der Waals surface area contributed by atoms with Crippen molar-refractivity contribution in [3.05, 3.63) is 177 Å². The highest BCUT2D eigenvalue weighted by Crippen LogP contribution is 2.43. The molecule has 13 rings (SSSR count). The number of carbonyl (C=O) groups excluding carboxylic acids is 3. The van der Waals surface area contributed by atoms with E-state index in [-0.39, 0.29) is 30.8 Å². The molecular formula is C51H35ClN8O5. The van der Waals surface area contributed by atoms with E-state index in [4.69, 9.17) is 21.4 Å². The van der Waals surface area contributed by atoms with Crippen molar-refractivity contribution in [1.29, 1.82) is 0 Å². The molecule has 0 fully saturated rings. The number of ether oxygens (including phenoxy) is 1. The zero-order chi connectivity index (χ0) is 44.3.